The molecule has 3 aliphatic heterocycles. The molecule has 2 aromatic rings. The second-order valence-electron chi connectivity index (χ2n) is 11.4. The maximum absolute atomic E-state index is 13.8. The highest BCUT2D eigenvalue weighted by molar-refractivity contribution is 6.03. The summed E-state index contributed by atoms with van der Waals surface area (Å²) in [7, 11) is 2.11. The molecule has 212 valence electrons. The molecule has 3 unspecified atom stereocenters. The average molecular weight is 547 g/mol. The van der Waals surface area contributed by atoms with Gasteiger partial charge in [0, 0.05) is 50.2 Å². The molecule has 0 radical (unpaired) electrons. The third-order valence-corrected chi connectivity index (χ3v) is 8.16. The quantitative estimate of drug-likeness (QED) is 0.563. The van der Waals surface area contributed by atoms with E-state index in [2.05, 4.69) is 27.1 Å². The lowest BCUT2D eigenvalue weighted by Gasteiger charge is -2.34. The number of likely N-dealkylation sites (N-methyl/N-ethyl adjacent to an activating group) is 1. The van der Waals surface area contributed by atoms with E-state index in [0.29, 0.717) is 24.9 Å². The Balaban J connectivity index is 1.27. The van der Waals surface area contributed by atoms with Gasteiger partial charge in [0.1, 0.15) is 17.8 Å². The first-order chi connectivity index (χ1) is 19.2. The highest BCUT2D eigenvalue weighted by Gasteiger charge is 2.52. The summed E-state index contributed by atoms with van der Waals surface area (Å²) in [5.74, 6) is -0.903. The maximum Gasteiger partial charge on any atom is 0.273 e. The van der Waals surface area contributed by atoms with Gasteiger partial charge < -0.3 is 24.9 Å². The molecule has 10 nitrogen and oxygen atoms in total. The van der Waals surface area contributed by atoms with E-state index in [-0.39, 0.29) is 47.7 Å². The predicted molar refractivity (Wildman–Crippen MR) is 151 cm³/mol. The van der Waals surface area contributed by atoms with Gasteiger partial charge in [-0.25, -0.2) is 0 Å². The van der Waals surface area contributed by atoms with Gasteiger partial charge in [-0.05, 0) is 62.2 Å². The number of aromatic nitrogens is 1. The van der Waals surface area contributed by atoms with Crippen molar-refractivity contribution in [1.82, 2.24) is 25.0 Å². The normalized spacial score (nSPS) is 22.0. The molecule has 3 amide bonds. The van der Waals surface area contributed by atoms with Crippen LogP contribution in [0.3, 0.4) is 0 Å². The highest BCUT2D eigenvalue weighted by atomic mass is 16.2. The number of anilines is 1. The van der Waals surface area contributed by atoms with Crippen LogP contribution in [0.25, 0.3) is 0 Å². The number of benzene rings is 1. The highest BCUT2D eigenvalue weighted by Crippen LogP contribution is 2.31. The largest absolute Gasteiger partial charge is 0.369 e. The van der Waals surface area contributed by atoms with Gasteiger partial charge in [-0.3, -0.25) is 24.2 Å². The Labute approximate surface area is 235 Å². The molecule has 1 N–H and O–H groups in total. The van der Waals surface area contributed by atoms with Crippen molar-refractivity contribution < 1.29 is 19.2 Å². The van der Waals surface area contributed by atoms with Crippen molar-refractivity contribution in [2.75, 3.05) is 51.2 Å². The molecule has 40 heavy (non-hydrogen) atoms. The maximum atomic E-state index is 13.8. The molecule has 3 atom stereocenters. The molecule has 4 heterocycles. The van der Waals surface area contributed by atoms with Crippen molar-refractivity contribution in [2.45, 2.75) is 44.8 Å². The van der Waals surface area contributed by atoms with E-state index < -0.39 is 12.1 Å². The summed E-state index contributed by atoms with van der Waals surface area (Å²) in [6.45, 7) is 8.18. The number of hydrogen-bond acceptors (Lipinski definition) is 7. The van der Waals surface area contributed by atoms with Gasteiger partial charge in [-0.2, -0.15) is 0 Å². The number of ketones is 1. The Bertz CT molecular complexity index is 1240. The SMILES string of the molecule is CC(C)CC(NC(=O)c1ccc(N2CCN(C)CC2)cc1)C(=O)N1CCC2C1C(=O)CN2C(=O)c1ccccn1. The summed E-state index contributed by atoms with van der Waals surface area (Å²) >= 11 is 0. The number of amides is 3. The summed E-state index contributed by atoms with van der Waals surface area (Å²) in [6.07, 6.45) is 2.51. The van der Waals surface area contributed by atoms with Gasteiger partial charge in [0.2, 0.25) is 5.91 Å². The Hall–Kier alpha value is -3.79. The Morgan fingerprint density at radius 1 is 0.975 bits per heavy atom. The van der Waals surface area contributed by atoms with E-state index in [9.17, 15) is 19.2 Å². The summed E-state index contributed by atoms with van der Waals surface area (Å²) < 4.78 is 0. The summed E-state index contributed by atoms with van der Waals surface area (Å²) in [6, 6.07) is 10.7. The van der Waals surface area contributed by atoms with Crippen LogP contribution in [0.15, 0.2) is 48.7 Å². The van der Waals surface area contributed by atoms with E-state index in [1.54, 1.807) is 46.3 Å². The fourth-order valence-electron chi connectivity index (χ4n) is 6.00. The van der Waals surface area contributed by atoms with Gasteiger partial charge in [0.15, 0.2) is 5.78 Å². The Morgan fingerprint density at radius 2 is 1.70 bits per heavy atom. The topological polar surface area (TPSA) is 106 Å². The predicted octanol–water partition coefficient (Wildman–Crippen LogP) is 1.67. The van der Waals surface area contributed by atoms with Crippen molar-refractivity contribution in [3.63, 3.8) is 0 Å². The van der Waals surface area contributed by atoms with Gasteiger partial charge in [-0.15, -0.1) is 0 Å². The number of piperazine rings is 1. The fraction of sp³-hybridized carbons (Fsp3) is 0.500. The van der Waals surface area contributed by atoms with Crippen molar-refractivity contribution >= 4 is 29.2 Å². The van der Waals surface area contributed by atoms with Crippen LogP contribution in [-0.2, 0) is 9.59 Å². The van der Waals surface area contributed by atoms with E-state index in [0.717, 1.165) is 31.9 Å². The number of pyridine rings is 1. The molecule has 3 aliphatic rings. The second kappa shape index (κ2) is 11.8. The number of rotatable bonds is 7. The van der Waals surface area contributed by atoms with Gasteiger partial charge in [-0.1, -0.05) is 19.9 Å². The van der Waals surface area contributed by atoms with E-state index >= 15 is 0 Å². The summed E-state index contributed by atoms with van der Waals surface area (Å²) in [5, 5.41) is 2.95. The van der Waals surface area contributed by atoms with Gasteiger partial charge >= 0.3 is 0 Å². The van der Waals surface area contributed by atoms with E-state index in [1.165, 1.54) is 0 Å². The van der Waals surface area contributed by atoms with Crippen LogP contribution >= 0.6 is 0 Å². The molecular formula is C30H38N6O4. The first kappa shape index (κ1) is 27.8. The minimum Gasteiger partial charge on any atom is -0.369 e. The van der Waals surface area contributed by atoms with Crippen molar-refractivity contribution in [2.24, 2.45) is 5.92 Å². The number of nitrogens with zero attached hydrogens (tertiary/aromatic N) is 5. The lowest BCUT2D eigenvalue weighted by atomic mass is 10.0. The number of likely N-dealkylation sites (tertiary alicyclic amines) is 2. The van der Waals surface area contributed by atoms with Crippen LogP contribution in [-0.4, -0.2) is 108 Å². The molecule has 5 rings (SSSR count). The molecular weight excluding hydrogens is 508 g/mol. The average Bonchev–Trinajstić information content (AvgIpc) is 3.54. The van der Waals surface area contributed by atoms with Crippen LogP contribution in [0, 0.1) is 5.92 Å². The third-order valence-electron chi connectivity index (χ3n) is 8.16. The van der Waals surface area contributed by atoms with Crippen molar-refractivity contribution in [3.05, 3.63) is 59.9 Å². The lowest BCUT2D eigenvalue weighted by Crippen LogP contribution is -2.53. The zero-order valence-electron chi connectivity index (χ0n) is 23.5. The number of fused-ring (bicyclic) bond motifs is 1. The molecule has 1 aromatic carbocycles. The monoisotopic (exact) mass is 546 g/mol. The number of hydrogen-bond donors (Lipinski definition) is 1. The van der Waals surface area contributed by atoms with Gasteiger partial charge in [0.25, 0.3) is 11.8 Å². The smallest absolute Gasteiger partial charge is 0.273 e. The van der Waals surface area contributed by atoms with Crippen molar-refractivity contribution in [3.8, 4) is 0 Å². The summed E-state index contributed by atoms with van der Waals surface area (Å²) in [5.41, 5.74) is 1.85. The molecule has 3 fully saturated rings. The lowest BCUT2D eigenvalue weighted by molar-refractivity contribution is -0.138. The number of carbonyl (C=O) groups excluding carboxylic acids is 4. The van der Waals surface area contributed by atoms with E-state index in [4.69, 9.17) is 0 Å². The Kier molecular flexibility index (Phi) is 8.16. The standard InChI is InChI=1S/C30H38N6O4/c1-20(2)18-24(32-28(38)21-7-9-22(10-8-21)34-16-14-33(3)15-17-34)30(40)35-13-11-25-27(35)26(37)19-36(25)29(39)23-6-4-5-12-31-23/h4-10,12,20,24-25,27H,11,13-19H2,1-3H3,(H,32,38). The van der Waals surface area contributed by atoms with Crippen molar-refractivity contribution in [1.29, 1.82) is 0 Å². The molecule has 1 aromatic heterocycles. The van der Waals surface area contributed by atoms with Crippen LogP contribution in [0.1, 0.15) is 47.5 Å². The number of carbonyl (C=O) groups is 4. The van der Waals surface area contributed by atoms with Crippen LogP contribution in [0.5, 0.6) is 0 Å². The number of Topliss-reactive ketones (excluding diaryl/α,β-unsaturated/α-hetero) is 1. The molecule has 0 aliphatic carbocycles. The first-order valence-corrected chi connectivity index (χ1v) is 14.1. The Morgan fingerprint density at radius 3 is 2.35 bits per heavy atom. The molecule has 3 saturated heterocycles. The second-order valence-corrected chi connectivity index (χ2v) is 11.4. The van der Waals surface area contributed by atoms with E-state index in [1.807, 2.05) is 26.0 Å². The van der Waals surface area contributed by atoms with Crippen LogP contribution < -0.4 is 10.2 Å². The minimum absolute atomic E-state index is 0.0462. The molecule has 10 heteroatoms. The third kappa shape index (κ3) is 5.72. The zero-order chi connectivity index (χ0) is 28.4. The van der Waals surface area contributed by atoms with Gasteiger partial charge in [0.05, 0.1) is 12.6 Å². The van der Waals surface area contributed by atoms with Crippen LogP contribution in [0.4, 0.5) is 5.69 Å². The fourth-order valence-corrected chi connectivity index (χ4v) is 6.00. The summed E-state index contributed by atoms with van der Waals surface area (Å²) in [4.78, 5) is 65.1. The molecule has 0 saturated carbocycles. The minimum atomic E-state index is -0.767. The number of nitrogens with one attached hydrogen (secondary N) is 1. The first-order valence-electron chi connectivity index (χ1n) is 14.1. The van der Waals surface area contributed by atoms with Crippen LogP contribution in [0.2, 0.25) is 0 Å². The molecule has 0 spiro atoms. The zero-order valence-corrected chi connectivity index (χ0v) is 23.5. The molecule has 0 bridgehead atoms.